The van der Waals surface area contributed by atoms with Gasteiger partial charge >= 0.3 is 0 Å². The number of aromatic nitrogens is 2. The Labute approximate surface area is 104 Å². The Morgan fingerprint density at radius 2 is 2.11 bits per heavy atom. The van der Waals surface area contributed by atoms with Crippen LogP contribution in [0.5, 0.6) is 0 Å². The van der Waals surface area contributed by atoms with Crippen LogP contribution < -0.4 is 5.32 Å². The topological polar surface area (TPSA) is 40.7 Å². The van der Waals surface area contributed by atoms with Gasteiger partial charge in [0.1, 0.15) is 0 Å². The number of hydrogen-bond donors (Lipinski definition) is 2. The molecule has 0 atom stereocenters. The van der Waals surface area contributed by atoms with Crippen LogP contribution in [0.1, 0.15) is 18.9 Å². The minimum atomic E-state index is -0.852. The summed E-state index contributed by atoms with van der Waals surface area (Å²) >= 11 is 0. The molecule has 0 aliphatic heterocycles. The second-order valence-electron chi connectivity index (χ2n) is 4.08. The molecule has 2 N–H and O–H groups in total. The molecule has 0 radical (unpaired) electrons. The predicted octanol–water partition coefficient (Wildman–Crippen LogP) is 2.85. The van der Waals surface area contributed by atoms with E-state index in [0.29, 0.717) is 12.1 Å². The van der Waals surface area contributed by atoms with E-state index >= 15 is 0 Å². The van der Waals surface area contributed by atoms with Gasteiger partial charge in [0.25, 0.3) is 0 Å². The number of halogens is 2. The number of rotatable bonds is 5. The third kappa shape index (κ3) is 2.73. The lowest BCUT2D eigenvalue weighted by atomic mass is 10.1. The summed E-state index contributed by atoms with van der Waals surface area (Å²) in [6.45, 7) is 3.64. The van der Waals surface area contributed by atoms with Gasteiger partial charge in [-0.3, -0.25) is 5.10 Å². The number of H-pyrrole nitrogens is 1. The van der Waals surface area contributed by atoms with Crippen molar-refractivity contribution < 1.29 is 8.78 Å². The molecule has 0 saturated carbocycles. The van der Waals surface area contributed by atoms with E-state index in [1.807, 2.05) is 0 Å². The standard InChI is InChI=1S/C13H15F2N3/c1-2-5-16-7-10-8-17-18-13(10)9-3-4-11(14)12(15)6-9/h3-4,6,8,16H,2,5,7H2,1H3,(H,17,18). The average Bonchev–Trinajstić information content (AvgIpc) is 2.81. The molecule has 0 spiro atoms. The molecule has 3 nitrogen and oxygen atoms in total. The monoisotopic (exact) mass is 251 g/mol. The van der Waals surface area contributed by atoms with Crippen molar-refractivity contribution in [3.8, 4) is 11.3 Å². The summed E-state index contributed by atoms with van der Waals surface area (Å²) in [6.07, 6.45) is 2.73. The van der Waals surface area contributed by atoms with Gasteiger partial charge in [-0.15, -0.1) is 0 Å². The quantitative estimate of drug-likeness (QED) is 0.802. The van der Waals surface area contributed by atoms with Crippen molar-refractivity contribution in [3.05, 3.63) is 41.6 Å². The van der Waals surface area contributed by atoms with Crippen molar-refractivity contribution in [1.82, 2.24) is 15.5 Å². The van der Waals surface area contributed by atoms with Crippen LogP contribution in [-0.2, 0) is 6.54 Å². The van der Waals surface area contributed by atoms with Crippen molar-refractivity contribution >= 4 is 0 Å². The fraction of sp³-hybridized carbons (Fsp3) is 0.308. The smallest absolute Gasteiger partial charge is 0.159 e. The van der Waals surface area contributed by atoms with Gasteiger partial charge in [-0.05, 0) is 31.2 Å². The van der Waals surface area contributed by atoms with Crippen molar-refractivity contribution in [2.75, 3.05) is 6.54 Å². The van der Waals surface area contributed by atoms with Crippen molar-refractivity contribution in [1.29, 1.82) is 0 Å². The Balaban J connectivity index is 2.22. The van der Waals surface area contributed by atoms with Gasteiger partial charge in [0.15, 0.2) is 11.6 Å². The fourth-order valence-corrected chi connectivity index (χ4v) is 1.75. The second-order valence-corrected chi connectivity index (χ2v) is 4.08. The van der Waals surface area contributed by atoms with Gasteiger partial charge in [0.2, 0.25) is 0 Å². The molecule has 0 aliphatic carbocycles. The molecule has 1 aromatic heterocycles. The zero-order chi connectivity index (χ0) is 13.0. The van der Waals surface area contributed by atoms with E-state index in [1.54, 1.807) is 6.20 Å². The molecule has 0 aliphatic rings. The van der Waals surface area contributed by atoms with Crippen molar-refractivity contribution in [3.63, 3.8) is 0 Å². The number of aromatic amines is 1. The lowest BCUT2D eigenvalue weighted by molar-refractivity contribution is 0.509. The van der Waals surface area contributed by atoms with Crippen LogP contribution in [0.3, 0.4) is 0 Å². The summed E-state index contributed by atoms with van der Waals surface area (Å²) < 4.78 is 26.1. The molecule has 0 bridgehead atoms. The van der Waals surface area contributed by atoms with Crippen LogP contribution >= 0.6 is 0 Å². The van der Waals surface area contributed by atoms with Crippen LogP contribution in [0.4, 0.5) is 8.78 Å². The largest absolute Gasteiger partial charge is 0.313 e. The number of nitrogens with zero attached hydrogens (tertiary/aromatic N) is 1. The third-order valence-corrected chi connectivity index (χ3v) is 2.67. The SMILES string of the molecule is CCCNCc1cn[nH]c1-c1ccc(F)c(F)c1. The second kappa shape index (κ2) is 5.73. The first-order valence-electron chi connectivity index (χ1n) is 5.90. The highest BCUT2D eigenvalue weighted by Crippen LogP contribution is 2.22. The molecule has 5 heteroatoms. The Morgan fingerprint density at radius 3 is 2.83 bits per heavy atom. The molecular formula is C13H15F2N3. The summed E-state index contributed by atoms with van der Waals surface area (Å²) in [5.41, 5.74) is 2.26. The maximum atomic E-state index is 13.2. The van der Waals surface area contributed by atoms with Gasteiger partial charge in [-0.25, -0.2) is 8.78 Å². The Kier molecular flexibility index (Phi) is 4.04. The summed E-state index contributed by atoms with van der Waals surface area (Å²) in [7, 11) is 0. The van der Waals surface area contributed by atoms with Gasteiger partial charge < -0.3 is 5.32 Å². The van der Waals surface area contributed by atoms with E-state index in [0.717, 1.165) is 30.3 Å². The maximum absolute atomic E-state index is 13.2. The van der Waals surface area contributed by atoms with Crippen LogP contribution in [0.25, 0.3) is 11.3 Å². The lowest BCUT2D eigenvalue weighted by Crippen LogP contribution is -2.13. The third-order valence-electron chi connectivity index (χ3n) is 2.67. The fourth-order valence-electron chi connectivity index (χ4n) is 1.75. The molecule has 96 valence electrons. The Hall–Kier alpha value is -1.75. The Morgan fingerprint density at radius 1 is 1.28 bits per heavy atom. The van der Waals surface area contributed by atoms with E-state index in [2.05, 4.69) is 22.4 Å². The average molecular weight is 251 g/mol. The molecule has 2 rings (SSSR count). The molecular weight excluding hydrogens is 236 g/mol. The van der Waals surface area contributed by atoms with Crippen LogP contribution in [-0.4, -0.2) is 16.7 Å². The first-order valence-corrected chi connectivity index (χ1v) is 5.90. The number of benzene rings is 1. The number of hydrogen-bond acceptors (Lipinski definition) is 2. The summed E-state index contributed by atoms with van der Waals surface area (Å²) in [4.78, 5) is 0. The number of nitrogens with one attached hydrogen (secondary N) is 2. The molecule has 1 aromatic carbocycles. The maximum Gasteiger partial charge on any atom is 0.159 e. The van der Waals surface area contributed by atoms with Crippen molar-refractivity contribution in [2.45, 2.75) is 19.9 Å². The summed E-state index contributed by atoms with van der Waals surface area (Å²) in [6, 6.07) is 3.83. The highest BCUT2D eigenvalue weighted by molar-refractivity contribution is 5.62. The first-order chi connectivity index (χ1) is 8.72. The lowest BCUT2D eigenvalue weighted by Gasteiger charge is -2.05. The van der Waals surface area contributed by atoms with Gasteiger partial charge in [-0.1, -0.05) is 6.92 Å². The van der Waals surface area contributed by atoms with Crippen LogP contribution in [0.15, 0.2) is 24.4 Å². The van der Waals surface area contributed by atoms with E-state index < -0.39 is 11.6 Å². The first kappa shape index (κ1) is 12.7. The van der Waals surface area contributed by atoms with Crippen LogP contribution in [0, 0.1) is 11.6 Å². The molecule has 0 fully saturated rings. The molecule has 18 heavy (non-hydrogen) atoms. The van der Waals surface area contributed by atoms with E-state index in [9.17, 15) is 8.78 Å². The van der Waals surface area contributed by atoms with Gasteiger partial charge in [0.05, 0.1) is 11.9 Å². The minimum absolute atomic E-state index is 0.597. The zero-order valence-corrected chi connectivity index (χ0v) is 10.1. The predicted molar refractivity (Wildman–Crippen MR) is 65.9 cm³/mol. The summed E-state index contributed by atoms with van der Waals surface area (Å²) in [5, 5.41) is 10.0. The normalized spacial score (nSPS) is 10.8. The van der Waals surface area contributed by atoms with E-state index in [1.165, 1.54) is 12.1 Å². The van der Waals surface area contributed by atoms with Gasteiger partial charge in [0, 0.05) is 17.7 Å². The molecule has 0 saturated heterocycles. The van der Waals surface area contributed by atoms with E-state index in [4.69, 9.17) is 0 Å². The van der Waals surface area contributed by atoms with Crippen molar-refractivity contribution in [2.24, 2.45) is 0 Å². The summed E-state index contributed by atoms with van der Waals surface area (Å²) in [5.74, 6) is -1.70. The molecule has 2 aromatic rings. The molecule has 1 heterocycles. The van der Waals surface area contributed by atoms with Gasteiger partial charge in [-0.2, -0.15) is 5.10 Å². The highest BCUT2D eigenvalue weighted by Gasteiger charge is 2.10. The van der Waals surface area contributed by atoms with E-state index in [-0.39, 0.29) is 0 Å². The van der Waals surface area contributed by atoms with Crippen LogP contribution in [0.2, 0.25) is 0 Å². The highest BCUT2D eigenvalue weighted by atomic mass is 19.2. The molecule has 0 unspecified atom stereocenters. The minimum Gasteiger partial charge on any atom is -0.313 e. The zero-order valence-electron chi connectivity index (χ0n) is 10.1. The molecule has 0 amide bonds. The Bertz CT molecular complexity index is 523.